The summed E-state index contributed by atoms with van der Waals surface area (Å²) in [6.45, 7) is 0.285. The second-order valence-electron chi connectivity index (χ2n) is 3.75. The first-order valence-corrected chi connectivity index (χ1v) is 8.26. The minimum absolute atomic E-state index is 0.175. The van der Waals surface area contributed by atoms with Crippen molar-refractivity contribution < 1.29 is 8.42 Å². The van der Waals surface area contributed by atoms with Crippen molar-refractivity contribution >= 4 is 38.6 Å². The number of rotatable bonds is 3. The molecule has 0 bridgehead atoms. The number of anilines is 1. The average molecular weight is 327 g/mol. The Hall–Kier alpha value is -1.52. The molecule has 2 aromatic rings. The fraction of sp³-hybridized carbons (Fsp3) is 0.0769. The van der Waals surface area contributed by atoms with Gasteiger partial charge in [-0.2, -0.15) is 0 Å². The van der Waals surface area contributed by atoms with E-state index in [1.807, 2.05) is 0 Å². The van der Waals surface area contributed by atoms with Gasteiger partial charge in [0.25, 0.3) is 10.0 Å². The highest BCUT2D eigenvalue weighted by molar-refractivity contribution is 7.94. The van der Waals surface area contributed by atoms with Gasteiger partial charge in [-0.15, -0.1) is 11.3 Å². The van der Waals surface area contributed by atoms with Gasteiger partial charge in [0.2, 0.25) is 0 Å². The van der Waals surface area contributed by atoms with E-state index in [2.05, 4.69) is 16.6 Å². The van der Waals surface area contributed by atoms with E-state index in [0.717, 1.165) is 16.9 Å². The molecule has 0 saturated heterocycles. The van der Waals surface area contributed by atoms with Crippen molar-refractivity contribution in [2.24, 2.45) is 5.73 Å². The fourth-order valence-corrected chi connectivity index (χ4v) is 3.96. The predicted molar refractivity (Wildman–Crippen MR) is 82.5 cm³/mol. The summed E-state index contributed by atoms with van der Waals surface area (Å²) < 4.78 is 27.2. The molecule has 4 nitrogen and oxygen atoms in total. The zero-order valence-corrected chi connectivity index (χ0v) is 12.6. The van der Waals surface area contributed by atoms with Gasteiger partial charge in [-0.3, -0.25) is 4.72 Å². The molecule has 0 amide bonds. The zero-order chi connectivity index (χ0) is 14.6. The van der Waals surface area contributed by atoms with E-state index in [4.69, 9.17) is 17.3 Å². The monoisotopic (exact) mass is 326 g/mol. The number of nitrogens with one attached hydrogen (secondary N) is 1. The van der Waals surface area contributed by atoms with Crippen LogP contribution in [0.25, 0.3) is 0 Å². The highest BCUT2D eigenvalue weighted by atomic mass is 35.5. The van der Waals surface area contributed by atoms with Crippen molar-refractivity contribution in [2.45, 2.75) is 4.21 Å². The minimum atomic E-state index is -3.59. The molecule has 7 heteroatoms. The lowest BCUT2D eigenvalue weighted by atomic mass is 10.2. The minimum Gasteiger partial charge on any atom is -0.320 e. The van der Waals surface area contributed by atoms with E-state index in [-0.39, 0.29) is 10.8 Å². The van der Waals surface area contributed by atoms with Gasteiger partial charge in [-0.1, -0.05) is 23.4 Å². The normalized spacial score (nSPS) is 10.7. The summed E-state index contributed by atoms with van der Waals surface area (Å²) in [5.41, 5.74) is 6.52. The molecule has 0 fully saturated rings. The van der Waals surface area contributed by atoms with Crippen LogP contribution in [0, 0.1) is 11.8 Å². The molecule has 0 atom stereocenters. The molecule has 20 heavy (non-hydrogen) atoms. The molecule has 0 unspecified atom stereocenters. The second kappa shape index (κ2) is 6.29. The molecular formula is C13H11ClN2O2S2. The molecule has 1 aromatic carbocycles. The van der Waals surface area contributed by atoms with Crippen LogP contribution >= 0.6 is 22.9 Å². The molecule has 0 aliphatic rings. The third kappa shape index (κ3) is 3.74. The molecule has 1 aromatic heterocycles. The third-order valence-corrected chi connectivity index (χ3v) is 5.39. The summed E-state index contributed by atoms with van der Waals surface area (Å²) in [6.07, 6.45) is 0. The molecule has 0 radical (unpaired) electrons. The van der Waals surface area contributed by atoms with Crippen molar-refractivity contribution in [3.63, 3.8) is 0 Å². The number of halogens is 1. The van der Waals surface area contributed by atoms with Gasteiger partial charge < -0.3 is 5.73 Å². The molecule has 1 heterocycles. The molecule has 0 saturated carbocycles. The van der Waals surface area contributed by atoms with Gasteiger partial charge in [-0.05, 0) is 36.4 Å². The Morgan fingerprint density at radius 2 is 1.90 bits per heavy atom. The van der Waals surface area contributed by atoms with Crippen LogP contribution in [0.2, 0.25) is 4.34 Å². The first-order valence-electron chi connectivity index (χ1n) is 5.58. The third-order valence-electron chi connectivity index (χ3n) is 2.29. The van der Waals surface area contributed by atoms with E-state index < -0.39 is 10.0 Å². The lowest BCUT2D eigenvalue weighted by molar-refractivity contribution is 0.603. The molecule has 104 valence electrons. The molecule has 3 N–H and O–H groups in total. The first-order chi connectivity index (χ1) is 9.51. The van der Waals surface area contributed by atoms with Crippen molar-refractivity contribution in [1.82, 2.24) is 0 Å². The van der Waals surface area contributed by atoms with E-state index in [9.17, 15) is 8.42 Å². The van der Waals surface area contributed by atoms with Crippen LogP contribution in [-0.2, 0) is 10.0 Å². The van der Waals surface area contributed by atoms with E-state index in [1.54, 1.807) is 30.3 Å². The summed E-state index contributed by atoms with van der Waals surface area (Å²) >= 11 is 6.75. The molecular weight excluding hydrogens is 316 g/mol. The molecule has 0 aliphatic heterocycles. The number of hydrogen-bond acceptors (Lipinski definition) is 4. The molecule has 0 spiro atoms. The second-order valence-corrected chi connectivity index (χ2v) is 7.37. The van der Waals surface area contributed by atoms with Crippen molar-refractivity contribution in [3.8, 4) is 11.8 Å². The van der Waals surface area contributed by atoms with Crippen LogP contribution in [0.15, 0.2) is 40.6 Å². The number of thiophene rings is 1. The standard InChI is InChI=1S/C13H11ClN2O2S2/c14-12-7-8-13(19-12)20(17,18)16-11-5-3-10(4-6-11)2-1-9-15/h3-8,16H,9,15H2. The SMILES string of the molecule is NCC#Cc1ccc(NS(=O)(=O)c2ccc(Cl)s2)cc1. The molecule has 0 aliphatic carbocycles. The van der Waals surface area contributed by atoms with Crippen molar-refractivity contribution in [3.05, 3.63) is 46.3 Å². The van der Waals surface area contributed by atoms with E-state index >= 15 is 0 Å². The van der Waals surface area contributed by atoms with Crippen LogP contribution in [0.3, 0.4) is 0 Å². The Bertz CT molecular complexity index is 756. The Balaban J connectivity index is 2.17. The number of sulfonamides is 1. The maximum atomic E-state index is 12.1. The van der Waals surface area contributed by atoms with Crippen molar-refractivity contribution in [2.75, 3.05) is 11.3 Å². The van der Waals surface area contributed by atoms with Crippen LogP contribution in [0.4, 0.5) is 5.69 Å². The number of nitrogens with two attached hydrogens (primary N) is 1. The Morgan fingerprint density at radius 3 is 2.45 bits per heavy atom. The smallest absolute Gasteiger partial charge is 0.271 e. The lowest BCUT2D eigenvalue weighted by Gasteiger charge is -2.05. The maximum absolute atomic E-state index is 12.1. The highest BCUT2D eigenvalue weighted by Crippen LogP contribution is 2.27. The quantitative estimate of drug-likeness (QED) is 0.851. The Morgan fingerprint density at radius 1 is 1.20 bits per heavy atom. The summed E-state index contributed by atoms with van der Waals surface area (Å²) in [7, 11) is -3.59. The highest BCUT2D eigenvalue weighted by Gasteiger charge is 2.16. The van der Waals surface area contributed by atoms with E-state index in [1.165, 1.54) is 6.07 Å². The maximum Gasteiger partial charge on any atom is 0.271 e. The lowest BCUT2D eigenvalue weighted by Crippen LogP contribution is -2.11. The summed E-state index contributed by atoms with van der Waals surface area (Å²) in [5.74, 6) is 5.59. The Kier molecular flexibility index (Phi) is 4.68. The van der Waals surface area contributed by atoms with E-state index in [0.29, 0.717) is 10.0 Å². The summed E-state index contributed by atoms with van der Waals surface area (Å²) in [6, 6.07) is 9.76. The predicted octanol–water partition coefficient (Wildman–Crippen LogP) is 2.51. The van der Waals surface area contributed by atoms with Gasteiger partial charge in [0.1, 0.15) is 4.21 Å². The van der Waals surface area contributed by atoms with Crippen molar-refractivity contribution in [1.29, 1.82) is 0 Å². The van der Waals surface area contributed by atoms with Crippen LogP contribution in [0.1, 0.15) is 5.56 Å². The van der Waals surface area contributed by atoms with Gasteiger partial charge in [0, 0.05) is 11.3 Å². The van der Waals surface area contributed by atoms with Gasteiger partial charge >= 0.3 is 0 Å². The van der Waals surface area contributed by atoms with Crippen LogP contribution in [-0.4, -0.2) is 15.0 Å². The van der Waals surface area contributed by atoms with Gasteiger partial charge in [-0.25, -0.2) is 8.42 Å². The van der Waals surface area contributed by atoms with Crippen LogP contribution in [0.5, 0.6) is 0 Å². The first kappa shape index (κ1) is 14.9. The Labute approximate surface area is 126 Å². The summed E-state index contributed by atoms with van der Waals surface area (Å²) in [4.78, 5) is 0. The van der Waals surface area contributed by atoms with Crippen LogP contribution < -0.4 is 10.5 Å². The zero-order valence-electron chi connectivity index (χ0n) is 10.3. The average Bonchev–Trinajstić information content (AvgIpc) is 2.85. The topological polar surface area (TPSA) is 72.2 Å². The fourth-order valence-electron chi connectivity index (χ4n) is 1.42. The molecule has 2 rings (SSSR count). The van der Waals surface area contributed by atoms with Gasteiger partial charge in [0.05, 0.1) is 10.9 Å². The largest absolute Gasteiger partial charge is 0.320 e. The van der Waals surface area contributed by atoms with Gasteiger partial charge in [0.15, 0.2) is 0 Å². The number of hydrogen-bond donors (Lipinski definition) is 2. The number of benzene rings is 1. The summed E-state index contributed by atoms with van der Waals surface area (Å²) in [5, 5.41) is 0.